The van der Waals surface area contributed by atoms with Gasteiger partial charge < -0.3 is 14.4 Å². The van der Waals surface area contributed by atoms with E-state index in [1.165, 1.54) is 4.31 Å². The molecule has 13 heteroatoms. The van der Waals surface area contributed by atoms with Crippen LogP contribution in [0.25, 0.3) is 10.9 Å². The van der Waals surface area contributed by atoms with E-state index in [9.17, 15) is 26.4 Å². The van der Waals surface area contributed by atoms with E-state index in [0.29, 0.717) is 48.9 Å². The molecule has 0 saturated carbocycles. The van der Waals surface area contributed by atoms with Crippen molar-refractivity contribution in [1.82, 2.24) is 19.2 Å². The van der Waals surface area contributed by atoms with E-state index in [0.717, 1.165) is 12.1 Å². The van der Waals surface area contributed by atoms with Gasteiger partial charge in [-0.05, 0) is 43.2 Å². The van der Waals surface area contributed by atoms with Gasteiger partial charge in [0.2, 0.25) is 15.9 Å². The average molecular weight is 551 g/mol. The lowest BCUT2D eigenvalue weighted by Crippen LogP contribution is -2.53. The molecule has 9 nitrogen and oxygen atoms in total. The molecule has 2 aliphatic heterocycles. The molecular weight excluding hydrogens is 525 g/mol. The van der Waals surface area contributed by atoms with Gasteiger partial charge in [0.15, 0.2) is 0 Å². The lowest BCUT2D eigenvalue weighted by molar-refractivity contribution is -0.137. The first-order chi connectivity index (χ1) is 18.1. The Morgan fingerprint density at radius 2 is 1.74 bits per heavy atom. The standard InChI is InChI=1S/C25H25F3N4O5S/c26-25(27,28)18-2-6-23(29-16-18)37-19-3-5-21-17(15-19)1-4-22(30-21)24(33)31-9-11-32(12-10-31)38(34,35)20-7-13-36-14-8-20/h1-6,15-16,20H,7-14H2. The van der Waals surface area contributed by atoms with Gasteiger partial charge in [-0.2, -0.15) is 17.5 Å². The lowest BCUT2D eigenvalue weighted by atomic mass is 10.2. The molecule has 2 fully saturated rings. The van der Waals surface area contributed by atoms with Crippen LogP contribution >= 0.6 is 0 Å². The molecule has 2 aliphatic rings. The van der Waals surface area contributed by atoms with Crippen molar-refractivity contribution in [2.75, 3.05) is 39.4 Å². The van der Waals surface area contributed by atoms with Gasteiger partial charge in [0, 0.05) is 57.0 Å². The van der Waals surface area contributed by atoms with Gasteiger partial charge in [-0.3, -0.25) is 4.79 Å². The summed E-state index contributed by atoms with van der Waals surface area (Å²) in [5.41, 5.74) is -0.104. The fraction of sp³-hybridized carbons (Fsp3) is 0.400. The Bertz CT molecular complexity index is 1420. The highest BCUT2D eigenvalue weighted by molar-refractivity contribution is 7.89. The smallest absolute Gasteiger partial charge is 0.417 e. The first-order valence-electron chi connectivity index (χ1n) is 12.1. The Labute approximate surface area is 217 Å². The van der Waals surface area contributed by atoms with Crippen LogP contribution in [-0.4, -0.2) is 78.1 Å². The van der Waals surface area contributed by atoms with Crippen LogP contribution in [0.4, 0.5) is 13.2 Å². The van der Waals surface area contributed by atoms with Crippen molar-refractivity contribution in [2.24, 2.45) is 0 Å². The monoisotopic (exact) mass is 550 g/mol. The number of fused-ring (bicyclic) bond motifs is 1. The molecule has 0 spiro atoms. The molecule has 202 valence electrons. The molecule has 0 unspecified atom stereocenters. The second kappa shape index (κ2) is 10.5. The van der Waals surface area contributed by atoms with Gasteiger partial charge in [-0.25, -0.2) is 18.4 Å². The largest absolute Gasteiger partial charge is 0.439 e. The molecule has 0 aliphatic carbocycles. The Kier molecular flexibility index (Phi) is 7.25. The summed E-state index contributed by atoms with van der Waals surface area (Å²) in [5, 5.41) is 0.225. The zero-order chi connectivity index (χ0) is 26.9. The first kappa shape index (κ1) is 26.3. The molecule has 1 aromatic carbocycles. The molecule has 1 amide bonds. The number of hydrogen-bond donors (Lipinski definition) is 0. The van der Waals surface area contributed by atoms with Crippen LogP contribution in [0.15, 0.2) is 48.7 Å². The van der Waals surface area contributed by atoms with Gasteiger partial charge in [0.25, 0.3) is 5.91 Å². The second-order valence-corrected chi connectivity index (χ2v) is 11.3. The number of piperazine rings is 1. The number of amides is 1. The van der Waals surface area contributed by atoms with Gasteiger partial charge in [0.1, 0.15) is 11.4 Å². The molecule has 0 atom stereocenters. The summed E-state index contributed by atoms with van der Waals surface area (Å²) in [6.07, 6.45) is -2.81. The number of nitrogens with zero attached hydrogens (tertiary/aromatic N) is 4. The molecule has 2 saturated heterocycles. The number of aromatic nitrogens is 2. The summed E-state index contributed by atoms with van der Waals surface area (Å²) in [6.45, 7) is 1.89. The number of carbonyl (C=O) groups is 1. The van der Waals surface area contributed by atoms with Crippen LogP contribution in [0.5, 0.6) is 11.6 Å². The van der Waals surface area contributed by atoms with E-state index in [-0.39, 0.29) is 43.7 Å². The number of carbonyl (C=O) groups excluding carboxylic acids is 1. The third kappa shape index (κ3) is 5.59. The number of halogens is 3. The normalized spacial score (nSPS) is 18.0. The minimum absolute atomic E-state index is 0.00934. The van der Waals surface area contributed by atoms with E-state index in [2.05, 4.69) is 9.97 Å². The molecule has 3 aromatic rings. The Hall–Kier alpha value is -3.29. The van der Waals surface area contributed by atoms with Gasteiger partial charge in [-0.1, -0.05) is 6.07 Å². The van der Waals surface area contributed by atoms with E-state index < -0.39 is 27.0 Å². The van der Waals surface area contributed by atoms with Crippen molar-refractivity contribution in [1.29, 1.82) is 0 Å². The van der Waals surface area contributed by atoms with Crippen LogP contribution < -0.4 is 4.74 Å². The fourth-order valence-corrected chi connectivity index (χ4v) is 6.39. The number of sulfonamides is 1. The van der Waals surface area contributed by atoms with Gasteiger partial charge in [0.05, 0.1) is 16.3 Å². The van der Waals surface area contributed by atoms with E-state index in [4.69, 9.17) is 9.47 Å². The number of hydrogen-bond acceptors (Lipinski definition) is 7. The highest BCUT2D eigenvalue weighted by Gasteiger charge is 2.36. The summed E-state index contributed by atoms with van der Waals surface area (Å²) < 4.78 is 76.3. The molecule has 2 aromatic heterocycles. The maximum Gasteiger partial charge on any atom is 0.417 e. The summed E-state index contributed by atoms with van der Waals surface area (Å²) >= 11 is 0. The molecule has 4 heterocycles. The van der Waals surface area contributed by atoms with Crippen LogP contribution in [-0.2, 0) is 20.9 Å². The van der Waals surface area contributed by atoms with Crippen molar-refractivity contribution >= 4 is 26.8 Å². The predicted octanol–water partition coefficient (Wildman–Crippen LogP) is 3.71. The maximum atomic E-state index is 13.1. The van der Waals surface area contributed by atoms with Crippen molar-refractivity contribution in [2.45, 2.75) is 24.3 Å². The molecule has 0 N–H and O–H groups in total. The highest BCUT2D eigenvalue weighted by atomic mass is 32.2. The third-order valence-corrected chi connectivity index (χ3v) is 9.04. The van der Waals surface area contributed by atoms with Crippen LogP contribution in [0.1, 0.15) is 28.9 Å². The molecule has 0 radical (unpaired) electrons. The van der Waals surface area contributed by atoms with E-state index in [1.54, 1.807) is 35.2 Å². The predicted molar refractivity (Wildman–Crippen MR) is 131 cm³/mol. The second-order valence-electron chi connectivity index (χ2n) is 9.08. The number of ether oxygens (including phenoxy) is 2. The zero-order valence-electron chi connectivity index (χ0n) is 20.2. The zero-order valence-corrected chi connectivity index (χ0v) is 21.0. The van der Waals surface area contributed by atoms with Crippen molar-refractivity contribution in [3.63, 3.8) is 0 Å². The van der Waals surface area contributed by atoms with Crippen LogP contribution in [0, 0.1) is 0 Å². The minimum Gasteiger partial charge on any atom is -0.439 e. The number of rotatable bonds is 5. The van der Waals surface area contributed by atoms with E-state index in [1.807, 2.05) is 0 Å². The minimum atomic E-state index is -4.48. The SMILES string of the molecule is O=C(c1ccc2cc(Oc3ccc(C(F)(F)F)cn3)ccc2n1)N1CCN(S(=O)(=O)C2CCOCC2)CC1. The van der Waals surface area contributed by atoms with Crippen molar-refractivity contribution in [3.8, 4) is 11.6 Å². The molecule has 5 rings (SSSR count). The Morgan fingerprint density at radius 3 is 2.39 bits per heavy atom. The van der Waals surface area contributed by atoms with Gasteiger partial charge in [-0.15, -0.1) is 0 Å². The molecular formula is C25H25F3N4O5S. The van der Waals surface area contributed by atoms with E-state index >= 15 is 0 Å². The lowest BCUT2D eigenvalue weighted by Gasteiger charge is -2.36. The molecule has 0 bridgehead atoms. The summed E-state index contributed by atoms with van der Waals surface area (Å²) in [5.74, 6) is 0.0758. The highest BCUT2D eigenvalue weighted by Crippen LogP contribution is 2.30. The summed E-state index contributed by atoms with van der Waals surface area (Å²) in [7, 11) is -3.43. The number of pyridine rings is 2. The van der Waals surface area contributed by atoms with Gasteiger partial charge >= 0.3 is 6.18 Å². The quantitative estimate of drug-likeness (QED) is 0.477. The number of alkyl halides is 3. The Balaban J connectivity index is 1.22. The summed E-state index contributed by atoms with van der Waals surface area (Å²) in [4.78, 5) is 22.8. The maximum absolute atomic E-state index is 13.1. The first-order valence-corrected chi connectivity index (χ1v) is 13.6. The third-order valence-electron chi connectivity index (χ3n) is 6.64. The van der Waals surface area contributed by atoms with Crippen molar-refractivity contribution < 1.29 is 35.9 Å². The van der Waals surface area contributed by atoms with Crippen molar-refractivity contribution in [3.05, 3.63) is 59.9 Å². The molecule has 38 heavy (non-hydrogen) atoms. The fourth-order valence-electron chi connectivity index (χ4n) is 4.51. The summed E-state index contributed by atoms with van der Waals surface area (Å²) in [6, 6.07) is 10.2. The number of benzene rings is 1. The van der Waals surface area contributed by atoms with Crippen LogP contribution in [0.3, 0.4) is 0 Å². The average Bonchev–Trinajstić information content (AvgIpc) is 2.93. The Morgan fingerprint density at radius 1 is 1.00 bits per heavy atom. The topological polar surface area (TPSA) is 102 Å². The van der Waals surface area contributed by atoms with Crippen LogP contribution in [0.2, 0.25) is 0 Å².